The summed E-state index contributed by atoms with van der Waals surface area (Å²) in [7, 11) is 0. The van der Waals surface area contributed by atoms with Crippen LogP contribution in [0.3, 0.4) is 0 Å². The molecule has 0 bridgehead atoms. The predicted octanol–water partition coefficient (Wildman–Crippen LogP) is 2.80. The molecule has 3 heteroatoms. The number of nitrogens with one attached hydrogen (secondary N) is 1. The lowest BCUT2D eigenvalue weighted by Crippen LogP contribution is -2.32. The zero-order valence-corrected chi connectivity index (χ0v) is 10.6. The molecule has 0 aromatic heterocycles. The Hall–Kier alpha value is 0.210. The van der Waals surface area contributed by atoms with E-state index in [9.17, 15) is 0 Å². The molecule has 1 rings (SSSR count). The number of alkyl halides is 1. The van der Waals surface area contributed by atoms with Crippen molar-refractivity contribution >= 4 is 11.6 Å². The Kier molecular flexibility index (Phi) is 7.41. The van der Waals surface area contributed by atoms with Crippen molar-refractivity contribution in [3.8, 4) is 0 Å². The Balaban J connectivity index is 1.87. The molecule has 2 nitrogen and oxygen atoms in total. The summed E-state index contributed by atoms with van der Waals surface area (Å²) in [5, 5.41) is 3.47. The number of ether oxygens (including phenoxy) is 1. The lowest BCUT2D eigenvalue weighted by Gasteiger charge is -2.22. The van der Waals surface area contributed by atoms with Crippen LogP contribution in [0.25, 0.3) is 0 Å². The average molecular weight is 234 g/mol. The highest BCUT2D eigenvalue weighted by Gasteiger charge is 2.12. The minimum atomic E-state index is 0.462. The van der Waals surface area contributed by atoms with Crippen LogP contribution < -0.4 is 5.32 Å². The molecule has 1 saturated heterocycles. The van der Waals surface area contributed by atoms with Crippen molar-refractivity contribution in [3.05, 3.63) is 0 Å². The van der Waals surface area contributed by atoms with Crippen LogP contribution >= 0.6 is 11.6 Å². The maximum Gasteiger partial charge on any atom is 0.0699 e. The van der Waals surface area contributed by atoms with Crippen LogP contribution in [0, 0.1) is 5.92 Å². The van der Waals surface area contributed by atoms with E-state index < -0.39 is 0 Å². The molecule has 0 saturated carbocycles. The van der Waals surface area contributed by atoms with Gasteiger partial charge in [-0.05, 0) is 44.6 Å². The molecule has 1 N–H and O–H groups in total. The van der Waals surface area contributed by atoms with Gasteiger partial charge in [0.1, 0.15) is 0 Å². The molecule has 0 spiro atoms. The van der Waals surface area contributed by atoms with E-state index in [1.54, 1.807) is 0 Å². The molecule has 15 heavy (non-hydrogen) atoms. The normalized spacial score (nSPS) is 24.0. The topological polar surface area (TPSA) is 21.3 Å². The average Bonchev–Trinajstić information content (AvgIpc) is 2.29. The molecular formula is C12H24ClNO. The van der Waals surface area contributed by atoms with Crippen LogP contribution in [-0.4, -0.2) is 31.7 Å². The van der Waals surface area contributed by atoms with E-state index in [2.05, 4.69) is 12.2 Å². The molecule has 90 valence electrons. The molecule has 2 atom stereocenters. The van der Waals surface area contributed by atoms with Crippen LogP contribution in [0.4, 0.5) is 0 Å². The first kappa shape index (κ1) is 13.3. The molecule has 0 amide bonds. The second-order valence-corrected chi connectivity index (χ2v) is 4.90. The van der Waals surface area contributed by atoms with Gasteiger partial charge in [0.2, 0.25) is 0 Å². The van der Waals surface area contributed by atoms with E-state index >= 15 is 0 Å². The minimum absolute atomic E-state index is 0.462. The molecule has 1 fully saturated rings. The minimum Gasteiger partial charge on any atom is -0.377 e. The second-order valence-electron chi connectivity index (χ2n) is 4.59. The number of hydrogen-bond donors (Lipinski definition) is 1. The van der Waals surface area contributed by atoms with Crippen molar-refractivity contribution in [1.82, 2.24) is 5.32 Å². The fourth-order valence-corrected chi connectivity index (χ4v) is 2.04. The summed E-state index contributed by atoms with van der Waals surface area (Å²) in [6.07, 6.45) is 6.71. The van der Waals surface area contributed by atoms with E-state index in [0.717, 1.165) is 25.6 Å². The lowest BCUT2D eigenvalue weighted by molar-refractivity contribution is 0.0170. The summed E-state index contributed by atoms with van der Waals surface area (Å²) in [6.45, 7) is 5.28. The lowest BCUT2D eigenvalue weighted by atomic mass is 10.1. The van der Waals surface area contributed by atoms with Crippen molar-refractivity contribution in [1.29, 1.82) is 0 Å². The van der Waals surface area contributed by atoms with Crippen molar-refractivity contribution in [2.24, 2.45) is 5.92 Å². The SMILES string of the molecule is CC(CCl)CCCNCC1CCCCO1. The summed E-state index contributed by atoms with van der Waals surface area (Å²) in [5.74, 6) is 1.44. The van der Waals surface area contributed by atoms with Gasteiger partial charge in [-0.2, -0.15) is 0 Å². The molecule has 0 aromatic carbocycles. The fourth-order valence-electron chi connectivity index (χ4n) is 1.88. The van der Waals surface area contributed by atoms with E-state index in [4.69, 9.17) is 16.3 Å². The zero-order chi connectivity index (χ0) is 10.9. The van der Waals surface area contributed by atoms with Gasteiger partial charge in [-0.3, -0.25) is 0 Å². The Bertz CT molecular complexity index is 149. The standard InChI is InChI=1S/C12H24ClNO/c1-11(9-13)5-4-7-14-10-12-6-2-3-8-15-12/h11-12,14H,2-10H2,1H3. The van der Waals surface area contributed by atoms with Gasteiger partial charge in [-0.25, -0.2) is 0 Å². The summed E-state index contributed by atoms with van der Waals surface area (Å²) >= 11 is 5.75. The zero-order valence-electron chi connectivity index (χ0n) is 9.80. The molecular weight excluding hydrogens is 210 g/mol. The summed E-state index contributed by atoms with van der Waals surface area (Å²) in [6, 6.07) is 0. The Labute approximate surface area is 98.7 Å². The predicted molar refractivity (Wildman–Crippen MR) is 65.6 cm³/mol. The summed E-state index contributed by atoms with van der Waals surface area (Å²) in [5.41, 5.74) is 0. The van der Waals surface area contributed by atoms with Gasteiger partial charge in [0.25, 0.3) is 0 Å². The Morgan fingerprint density at radius 1 is 1.47 bits per heavy atom. The van der Waals surface area contributed by atoms with Gasteiger partial charge in [0.05, 0.1) is 6.10 Å². The maximum atomic E-state index is 5.75. The molecule has 0 aliphatic carbocycles. The summed E-state index contributed by atoms with van der Waals surface area (Å²) in [4.78, 5) is 0. The summed E-state index contributed by atoms with van der Waals surface area (Å²) < 4.78 is 5.64. The Morgan fingerprint density at radius 3 is 3.00 bits per heavy atom. The largest absolute Gasteiger partial charge is 0.377 e. The van der Waals surface area contributed by atoms with Crippen molar-refractivity contribution in [2.75, 3.05) is 25.6 Å². The van der Waals surface area contributed by atoms with Crippen LogP contribution in [0.2, 0.25) is 0 Å². The van der Waals surface area contributed by atoms with Crippen LogP contribution in [-0.2, 0) is 4.74 Å². The molecule has 0 radical (unpaired) electrons. The third kappa shape index (κ3) is 6.39. The number of rotatable bonds is 7. The van der Waals surface area contributed by atoms with Gasteiger partial charge in [0, 0.05) is 19.0 Å². The monoisotopic (exact) mass is 233 g/mol. The second kappa shape index (κ2) is 8.37. The first-order chi connectivity index (χ1) is 7.33. The van der Waals surface area contributed by atoms with Gasteiger partial charge >= 0.3 is 0 Å². The molecule has 1 aliphatic heterocycles. The van der Waals surface area contributed by atoms with Crippen LogP contribution in [0.1, 0.15) is 39.0 Å². The van der Waals surface area contributed by atoms with Gasteiger partial charge in [-0.15, -0.1) is 11.6 Å². The Morgan fingerprint density at radius 2 is 2.33 bits per heavy atom. The highest BCUT2D eigenvalue weighted by molar-refractivity contribution is 6.18. The molecule has 1 heterocycles. The third-order valence-corrected chi connectivity index (χ3v) is 3.49. The van der Waals surface area contributed by atoms with Crippen molar-refractivity contribution in [2.45, 2.75) is 45.1 Å². The van der Waals surface area contributed by atoms with Gasteiger partial charge < -0.3 is 10.1 Å². The van der Waals surface area contributed by atoms with Crippen LogP contribution in [0.15, 0.2) is 0 Å². The maximum absolute atomic E-state index is 5.75. The quantitative estimate of drug-likeness (QED) is 0.540. The highest BCUT2D eigenvalue weighted by atomic mass is 35.5. The first-order valence-electron chi connectivity index (χ1n) is 6.21. The first-order valence-corrected chi connectivity index (χ1v) is 6.74. The van der Waals surface area contributed by atoms with E-state index in [0.29, 0.717) is 12.0 Å². The third-order valence-electron chi connectivity index (χ3n) is 2.96. The number of hydrogen-bond acceptors (Lipinski definition) is 2. The van der Waals surface area contributed by atoms with Crippen LogP contribution in [0.5, 0.6) is 0 Å². The van der Waals surface area contributed by atoms with E-state index in [-0.39, 0.29) is 0 Å². The molecule has 0 aromatic rings. The van der Waals surface area contributed by atoms with Gasteiger partial charge in [0.15, 0.2) is 0 Å². The van der Waals surface area contributed by atoms with Crippen molar-refractivity contribution < 1.29 is 4.74 Å². The van der Waals surface area contributed by atoms with E-state index in [1.165, 1.54) is 32.1 Å². The number of halogens is 1. The fraction of sp³-hybridized carbons (Fsp3) is 1.00. The highest BCUT2D eigenvalue weighted by Crippen LogP contribution is 2.11. The van der Waals surface area contributed by atoms with Crippen molar-refractivity contribution in [3.63, 3.8) is 0 Å². The molecule has 1 aliphatic rings. The smallest absolute Gasteiger partial charge is 0.0699 e. The van der Waals surface area contributed by atoms with Gasteiger partial charge in [-0.1, -0.05) is 6.92 Å². The van der Waals surface area contributed by atoms with E-state index in [1.807, 2.05) is 0 Å². The molecule has 2 unspecified atom stereocenters.